The van der Waals surface area contributed by atoms with Crippen LogP contribution in [0.1, 0.15) is 33.1 Å². The van der Waals surface area contributed by atoms with Crippen molar-refractivity contribution in [2.45, 2.75) is 19.4 Å². The first-order valence-electron chi connectivity index (χ1n) is 4.65. The molecule has 0 bridgehead atoms. The van der Waals surface area contributed by atoms with Gasteiger partial charge in [-0.1, -0.05) is 0 Å². The summed E-state index contributed by atoms with van der Waals surface area (Å²) in [5.41, 5.74) is 1.22. The predicted octanol–water partition coefficient (Wildman–Crippen LogP) is 2.00. The van der Waals surface area contributed by atoms with E-state index in [0.29, 0.717) is 10.9 Å². The van der Waals surface area contributed by atoms with Crippen molar-refractivity contribution >= 4 is 17.3 Å². The number of carboxylic acids is 1. The Bertz CT molecular complexity index is 372. The standard InChI is InChI=1S/C10H13NO2S/c1-6-9-7(3-4-11(6)2)5-8(14-9)10(12)13/h5-6H,3-4H2,1-2H3,(H,12,13)/t6-/m0/s1. The summed E-state index contributed by atoms with van der Waals surface area (Å²) in [6.45, 7) is 3.14. The Morgan fingerprint density at radius 2 is 2.43 bits per heavy atom. The lowest BCUT2D eigenvalue weighted by Crippen LogP contribution is -2.28. The fourth-order valence-corrected chi connectivity index (χ4v) is 2.96. The Labute approximate surface area is 87.0 Å². The van der Waals surface area contributed by atoms with Crippen LogP contribution >= 0.6 is 11.3 Å². The predicted molar refractivity (Wildman–Crippen MR) is 56.0 cm³/mol. The molecule has 0 aliphatic carbocycles. The SMILES string of the molecule is C[C@H]1c2sc(C(=O)O)cc2CCN1C. The third-order valence-electron chi connectivity index (χ3n) is 2.83. The van der Waals surface area contributed by atoms with E-state index in [9.17, 15) is 4.79 Å². The molecule has 0 saturated carbocycles. The molecule has 1 atom stereocenters. The van der Waals surface area contributed by atoms with Crippen molar-refractivity contribution in [2.75, 3.05) is 13.6 Å². The molecule has 2 heterocycles. The number of nitrogens with zero attached hydrogens (tertiary/aromatic N) is 1. The maximum atomic E-state index is 10.8. The molecule has 0 unspecified atom stereocenters. The van der Waals surface area contributed by atoms with Gasteiger partial charge < -0.3 is 5.11 Å². The highest BCUT2D eigenvalue weighted by atomic mass is 32.1. The molecular weight excluding hydrogens is 198 g/mol. The Kier molecular flexibility index (Phi) is 2.33. The summed E-state index contributed by atoms with van der Waals surface area (Å²) in [5, 5.41) is 8.88. The second kappa shape index (κ2) is 3.37. The molecule has 14 heavy (non-hydrogen) atoms. The van der Waals surface area contributed by atoms with Crippen LogP contribution in [0.5, 0.6) is 0 Å². The molecule has 3 nitrogen and oxygen atoms in total. The third kappa shape index (κ3) is 1.44. The highest BCUT2D eigenvalue weighted by Crippen LogP contribution is 2.34. The first-order chi connectivity index (χ1) is 6.59. The number of aromatic carboxylic acids is 1. The number of likely N-dealkylation sites (N-methyl/N-ethyl adjacent to an activating group) is 1. The van der Waals surface area contributed by atoms with E-state index < -0.39 is 5.97 Å². The van der Waals surface area contributed by atoms with Crippen molar-refractivity contribution in [1.29, 1.82) is 0 Å². The van der Waals surface area contributed by atoms with Gasteiger partial charge in [0, 0.05) is 17.5 Å². The Morgan fingerprint density at radius 3 is 3.07 bits per heavy atom. The number of hydrogen-bond donors (Lipinski definition) is 1. The molecule has 1 N–H and O–H groups in total. The second-order valence-electron chi connectivity index (χ2n) is 3.71. The maximum absolute atomic E-state index is 10.8. The number of thiophene rings is 1. The molecular formula is C10H13NO2S. The van der Waals surface area contributed by atoms with Crippen LogP contribution in [0.2, 0.25) is 0 Å². The largest absolute Gasteiger partial charge is 0.477 e. The van der Waals surface area contributed by atoms with E-state index in [1.807, 2.05) is 6.07 Å². The molecule has 76 valence electrons. The van der Waals surface area contributed by atoms with Gasteiger partial charge in [-0.3, -0.25) is 4.90 Å². The summed E-state index contributed by atoms with van der Waals surface area (Å²) in [6, 6.07) is 2.18. The molecule has 1 aromatic heterocycles. The minimum atomic E-state index is -0.806. The second-order valence-corrected chi connectivity index (χ2v) is 4.80. The van der Waals surface area contributed by atoms with Crippen LogP contribution in [0.25, 0.3) is 0 Å². The minimum Gasteiger partial charge on any atom is -0.477 e. The monoisotopic (exact) mass is 211 g/mol. The van der Waals surface area contributed by atoms with E-state index in [4.69, 9.17) is 5.11 Å². The number of rotatable bonds is 1. The highest BCUT2D eigenvalue weighted by Gasteiger charge is 2.24. The van der Waals surface area contributed by atoms with Gasteiger partial charge >= 0.3 is 5.97 Å². The summed E-state index contributed by atoms with van der Waals surface area (Å²) in [7, 11) is 2.08. The summed E-state index contributed by atoms with van der Waals surface area (Å²) in [6.07, 6.45) is 0.972. The van der Waals surface area contributed by atoms with Crippen LogP contribution < -0.4 is 0 Å². The molecule has 2 rings (SSSR count). The molecule has 0 aromatic carbocycles. The van der Waals surface area contributed by atoms with Crippen LogP contribution in [0.3, 0.4) is 0 Å². The van der Waals surface area contributed by atoms with E-state index in [-0.39, 0.29) is 0 Å². The first-order valence-corrected chi connectivity index (χ1v) is 5.47. The molecule has 1 aliphatic heterocycles. The minimum absolute atomic E-state index is 0.358. The van der Waals surface area contributed by atoms with E-state index in [1.165, 1.54) is 21.8 Å². The molecule has 0 fully saturated rings. The van der Waals surface area contributed by atoms with Crippen molar-refractivity contribution in [3.63, 3.8) is 0 Å². The smallest absolute Gasteiger partial charge is 0.345 e. The van der Waals surface area contributed by atoms with Gasteiger partial charge in [0.1, 0.15) is 4.88 Å². The zero-order valence-corrected chi connectivity index (χ0v) is 9.10. The lowest BCUT2D eigenvalue weighted by atomic mass is 10.0. The van der Waals surface area contributed by atoms with Crippen molar-refractivity contribution in [3.05, 3.63) is 21.4 Å². The van der Waals surface area contributed by atoms with Gasteiger partial charge in [-0.2, -0.15) is 0 Å². The maximum Gasteiger partial charge on any atom is 0.345 e. The Hall–Kier alpha value is -0.870. The summed E-state index contributed by atoms with van der Waals surface area (Å²) in [4.78, 5) is 14.7. The van der Waals surface area contributed by atoms with Crippen molar-refractivity contribution in [1.82, 2.24) is 4.90 Å². The van der Waals surface area contributed by atoms with Gasteiger partial charge in [0.25, 0.3) is 0 Å². The van der Waals surface area contributed by atoms with Gasteiger partial charge in [-0.25, -0.2) is 4.79 Å². The molecule has 1 aliphatic rings. The molecule has 4 heteroatoms. The normalized spacial score (nSPS) is 22.0. The fourth-order valence-electron chi connectivity index (χ4n) is 1.79. The van der Waals surface area contributed by atoms with Crippen molar-refractivity contribution in [3.8, 4) is 0 Å². The number of carbonyl (C=O) groups is 1. The highest BCUT2D eigenvalue weighted by molar-refractivity contribution is 7.14. The summed E-state index contributed by atoms with van der Waals surface area (Å²) in [5.74, 6) is -0.806. The number of hydrogen-bond acceptors (Lipinski definition) is 3. The number of fused-ring (bicyclic) bond motifs is 1. The zero-order chi connectivity index (χ0) is 10.3. The topological polar surface area (TPSA) is 40.5 Å². The van der Waals surface area contributed by atoms with Crippen LogP contribution in [0, 0.1) is 0 Å². The van der Waals surface area contributed by atoms with Gasteiger partial charge in [0.15, 0.2) is 0 Å². The van der Waals surface area contributed by atoms with Crippen LogP contribution in [0.15, 0.2) is 6.07 Å². The summed E-state index contributed by atoms with van der Waals surface area (Å²) >= 11 is 1.41. The van der Waals surface area contributed by atoms with Gasteiger partial charge in [0.05, 0.1) is 0 Å². The van der Waals surface area contributed by atoms with Crippen LogP contribution in [-0.2, 0) is 6.42 Å². The molecule has 0 spiro atoms. The molecule has 0 saturated heterocycles. The molecule has 0 radical (unpaired) electrons. The van der Waals surface area contributed by atoms with Crippen molar-refractivity contribution < 1.29 is 9.90 Å². The fraction of sp³-hybridized carbons (Fsp3) is 0.500. The van der Waals surface area contributed by atoms with Gasteiger partial charge in [-0.15, -0.1) is 11.3 Å². The molecule has 0 amide bonds. The lowest BCUT2D eigenvalue weighted by molar-refractivity contribution is 0.0702. The van der Waals surface area contributed by atoms with Gasteiger partial charge in [0.2, 0.25) is 0 Å². The van der Waals surface area contributed by atoms with E-state index >= 15 is 0 Å². The zero-order valence-electron chi connectivity index (χ0n) is 8.28. The van der Waals surface area contributed by atoms with E-state index in [1.54, 1.807) is 0 Å². The average Bonchev–Trinajstić information content (AvgIpc) is 2.56. The quantitative estimate of drug-likeness (QED) is 0.772. The lowest BCUT2D eigenvalue weighted by Gasteiger charge is -2.29. The van der Waals surface area contributed by atoms with Crippen molar-refractivity contribution in [2.24, 2.45) is 0 Å². The van der Waals surface area contributed by atoms with Crippen LogP contribution in [0.4, 0.5) is 0 Å². The first kappa shape index (κ1) is 9.68. The van der Waals surface area contributed by atoms with Gasteiger partial charge in [-0.05, 0) is 32.0 Å². The van der Waals surface area contributed by atoms with Crippen LogP contribution in [-0.4, -0.2) is 29.6 Å². The summed E-state index contributed by atoms with van der Waals surface area (Å²) < 4.78 is 0. The van der Waals surface area contributed by atoms with E-state index in [2.05, 4.69) is 18.9 Å². The average molecular weight is 211 g/mol. The number of carboxylic acid groups (broad SMARTS) is 1. The third-order valence-corrected chi connectivity index (χ3v) is 4.16. The Balaban J connectivity index is 2.41. The van der Waals surface area contributed by atoms with E-state index in [0.717, 1.165) is 13.0 Å². The molecule has 1 aromatic rings. The Morgan fingerprint density at radius 1 is 1.71 bits per heavy atom.